The highest BCUT2D eigenvalue weighted by molar-refractivity contribution is 9.10. The second kappa shape index (κ2) is 9.08. The fraction of sp³-hybridized carbons (Fsp3) is 0.111. The quantitative estimate of drug-likeness (QED) is 0.520. The SMILES string of the molecule is CC(=N)/C(NC(=O)OCc1ccccc1Cl)=C(\[SH2+])c1ccc(Br)cc1. The van der Waals surface area contributed by atoms with Gasteiger partial charge in [0.05, 0.1) is 5.71 Å². The van der Waals surface area contributed by atoms with Gasteiger partial charge in [-0.25, -0.2) is 4.79 Å². The summed E-state index contributed by atoms with van der Waals surface area (Å²) in [5.41, 5.74) is 2.07. The first-order valence-electron chi connectivity index (χ1n) is 7.33. The average molecular weight is 441 g/mol. The van der Waals surface area contributed by atoms with E-state index in [0.717, 1.165) is 10.0 Å². The Balaban J connectivity index is 2.11. The van der Waals surface area contributed by atoms with E-state index in [1.807, 2.05) is 30.3 Å². The van der Waals surface area contributed by atoms with Gasteiger partial charge in [0.1, 0.15) is 12.3 Å². The highest BCUT2D eigenvalue weighted by Gasteiger charge is 2.17. The van der Waals surface area contributed by atoms with E-state index in [1.54, 1.807) is 25.1 Å². The predicted molar refractivity (Wildman–Crippen MR) is 109 cm³/mol. The molecule has 0 aliphatic heterocycles. The Morgan fingerprint density at radius 2 is 1.88 bits per heavy atom. The normalized spacial score (nSPS) is 11.5. The summed E-state index contributed by atoms with van der Waals surface area (Å²) < 4.78 is 6.14. The van der Waals surface area contributed by atoms with Gasteiger partial charge in [-0.05, 0) is 49.9 Å². The Kier molecular flexibility index (Phi) is 7.11. The van der Waals surface area contributed by atoms with E-state index >= 15 is 0 Å². The molecule has 0 aliphatic rings. The van der Waals surface area contributed by atoms with Crippen molar-refractivity contribution in [1.82, 2.24) is 5.32 Å². The van der Waals surface area contributed by atoms with Crippen molar-refractivity contribution in [2.45, 2.75) is 13.5 Å². The Hall–Kier alpha value is -1.76. The minimum Gasteiger partial charge on any atom is -0.444 e. The minimum atomic E-state index is -0.658. The molecule has 0 aromatic heterocycles. The number of amides is 1. The Morgan fingerprint density at radius 1 is 1.24 bits per heavy atom. The summed E-state index contributed by atoms with van der Waals surface area (Å²) in [6.07, 6.45) is -0.658. The molecule has 0 heterocycles. The zero-order valence-electron chi connectivity index (χ0n) is 13.4. The number of ether oxygens (including phenoxy) is 1. The van der Waals surface area contributed by atoms with Crippen molar-refractivity contribution in [3.05, 3.63) is 74.9 Å². The minimum absolute atomic E-state index is 0.0468. The maximum absolute atomic E-state index is 12.1. The molecule has 25 heavy (non-hydrogen) atoms. The van der Waals surface area contributed by atoms with E-state index in [0.29, 0.717) is 21.2 Å². The van der Waals surface area contributed by atoms with Crippen LogP contribution in [0, 0.1) is 5.41 Å². The number of alkyl carbamates (subject to hydrolysis) is 1. The van der Waals surface area contributed by atoms with Crippen LogP contribution >= 0.6 is 27.5 Å². The first-order valence-corrected chi connectivity index (χ1v) is 9.00. The molecule has 7 heteroatoms. The molecule has 0 spiro atoms. The van der Waals surface area contributed by atoms with Gasteiger partial charge in [0.2, 0.25) is 0 Å². The Morgan fingerprint density at radius 3 is 2.48 bits per heavy atom. The van der Waals surface area contributed by atoms with Gasteiger partial charge >= 0.3 is 6.09 Å². The van der Waals surface area contributed by atoms with Gasteiger partial charge in [0, 0.05) is 20.6 Å². The van der Waals surface area contributed by atoms with Crippen LogP contribution in [-0.4, -0.2) is 11.8 Å². The molecule has 1 amide bonds. The molecule has 130 valence electrons. The summed E-state index contributed by atoms with van der Waals surface area (Å²) in [7, 11) is 0. The molecule has 0 aliphatic carbocycles. The molecule has 4 nitrogen and oxygen atoms in total. The third kappa shape index (κ3) is 5.63. The van der Waals surface area contributed by atoms with Crippen LogP contribution in [0.2, 0.25) is 5.02 Å². The lowest BCUT2D eigenvalue weighted by Crippen LogP contribution is -2.27. The summed E-state index contributed by atoms with van der Waals surface area (Å²) in [5, 5.41) is 11.0. The number of halogens is 2. The van der Waals surface area contributed by atoms with Crippen LogP contribution in [0.4, 0.5) is 4.79 Å². The summed E-state index contributed by atoms with van der Waals surface area (Å²) in [4.78, 5) is 12.7. The van der Waals surface area contributed by atoms with E-state index in [-0.39, 0.29) is 12.3 Å². The molecule has 2 aromatic rings. The first kappa shape index (κ1) is 19.6. The monoisotopic (exact) mass is 439 g/mol. The van der Waals surface area contributed by atoms with Gasteiger partial charge in [-0.1, -0.05) is 45.7 Å². The van der Waals surface area contributed by atoms with Gasteiger partial charge in [0.25, 0.3) is 0 Å². The molecular weight excluding hydrogens is 424 g/mol. The number of carbonyl (C=O) groups excluding carboxylic acids is 1. The second-order valence-corrected chi connectivity index (χ2v) is 7.00. The summed E-state index contributed by atoms with van der Waals surface area (Å²) >= 11 is 12.9. The number of allylic oxidation sites excluding steroid dienone is 1. The van der Waals surface area contributed by atoms with Crippen molar-refractivity contribution in [3.63, 3.8) is 0 Å². The van der Waals surface area contributed by atoms with Crippen molar-refractivity contribution in [2.24, 2.45) is 0 Å². The highest BCUT2D eigenvalue weighted by Crippen LogP contribution is 2.20. The van der Waals surface area contributed by atoms with Gasteiger partial charge < -0.3 is 10.1 Å². The third-order valence-electron chi connectivity index (χ3n) is 3.30. The standard InChI is InChI=1S/C18H16BrClN2O2S/c1-11(21)16(17(25)12-6-8-14(19)9-7-12)22-18(23)24-10-13-4-2-3-5-15(13)20/h2-9,21,25H,10H2,1H3,(H,22,23)/p+1/b17-16+,21-11?. The highest BCUT2D eigenvalue weighted by atomic mass is 79.9. The van der Waals surface area contributed by atoms with Crippen LogP contribution in [0.25, 0.3) is 4.91 Å². The number of nitrogens with one attached hydrogen (secondary N) is 2. The smallest absolute Gasteiger partial charge is 0.412 e. The van der Waals surface area contributed by atoms with Crippen molar-refractivity contribution >= 4 is 56.9 Å². The number of rotatable bonds is 5. The Bertz CT molecular complexity index is 822. The van der Waals surface area contributed by atoms with Crippen LogP contribution in [0.15, 0.2) is 58.7 Å². The number of hydrogen-bond acceptors (Lipinski definition) is 3. The molecule has 0 bridgehead atoms. The molecule has 2 N–H and O–H groups in total. The molecule has 2 rings (SSSR count). The number of carbonyl (C=O) groups is 1. The second-order valence-electron chi connectivity index (χ2n) is 5.17. The molecule has 0 radical (unpaired) electrons. The van der Waals surface area contributed by atoms with Crippen LogP contribution in [0.1, 0.15) is 18.1 Å². The molecule has 0 saturated carbocycles. The lowest BCUT2D eigenvalue weighted by Gasteiger charge is -2.11. The molecular formula is C18H17BrClN2O2S+. The van der Waals surface area contributed by atoms with E-state index in [1.165, 1.54) is 0 Å². The molecule has 0 atom stereocenters. The van der Waals surface area contributed by atoms with Crippen molar-refractivity contribution in [2.75, 3.05) is 0 Å². The lowest BCUT2D eigenvalue weighted by molar-refractivity contribution is 0.143. The van der Waals surface area contributed by atoms with Crippen LogP contribution in [-0.2, 0) is 24.0 Å². The van der Waals surface area contributed by atoms with E-state index in [9.17, 15) is 4.79 Å². The molecule has 0 saturated heterocycles. The largest absolute Gasteiger partial charge is 0.444 e. The average Bonchev–Trinajstić information content (AvgIpc) is 2.59. The summed E-state index contributed by atoms with van der Waals surface area (Å²) in [5.74, 6) is 0. The van der Waals surface area contributed by atoms with Crippen molar-refractivity contribution in [3.8, 4) is 0 Å². The van der Waals surface area contributed by atoms with Gasteiger partial charge in [-0.15, -0.1) is 0 Å². The maximum atomic E-state index is 12.1. The Labute approximate surface area is 165 Å². The fourth-order valence-electron chi connectivity index (χ4n) is 2.00. The number of benzene rings is 2. The zero-order valence-corrected chi connectivity index (χ0v) is 16.7. The van der Waals surface area contributed by atoms with E-state index < -0.39 is 6.09 Å². The maximum Gasteiger partial charge on any atom is 0.412 e. The van der Waals surface area contributed by atoms with Crippen LogP contribution in [0.3, 0.4) is 0 Å². The molecule has 2 aromatic carbocycles. The summed E-state index contributed by atoms with van der Waals surface area (Å²) in [6.45, 7) is 1.63. The summed E-state index contributed by atoms with van der Waals surface area (Å²) in [6, 6.07) is 14.6. The zero-order chi connectivity index (χ0) is 18.4. The van der Waals surface area contributed by atoms with Crippen molar-refractivity contribution < 1.29 is 9.53 Å². The van der Waals surface area contributed by atoms with E-state index in [4.69, 9.17) is 21.7 Å². The van der Waals surface area contributed by atoms with Crippen LogP contribution in [0.5, 0.6) is 0 Å². The van der Waals surface area contributed by atoms with Gasteiger partial charge in [-0.2, -0.15) is 0 Å². The fourth-order valence-corrected chi connectivity index (χ4v) is 2.87. The first-order chi connectivity index (χ1) is 11.9. The van der Waals surface area contributed by atoms with Gasteiger partial charge in [0.15, 0.2) is 4.91 Å². The third-order valence-corrected chi connectivity index (χ3v) is 4.74. The molecule has 0 unspecified atom stereocenters. The topological polar surface area (TPSA) is 62.2 Å². The predicted octanol–water partition coefficient (Wildman–Crippen LogP) is 4.75. The van der Waals surface area contributed by atoms with Gasteiger partial charge in [-0.3, -0.25) is 5.32 Å². The number of hydrogen-bond donors (Lipinski definition) is 2. The lowest BCUT2D eigenvalue weighted by atomic mass is 10.1. The van der Waals surface area contributed by atoms with Crippen molar-refractivity contribution in [1.29, 1.82) is 5.41 Å². The van der Waals surface area contributed by atoms with Crippen LogP contribution < -0.4 is 5.32 Å². The molecule has 0 fully saturated rings. The van der Waals surface area contributed by atoms with E-state index in [2.05, 4.69) is 33.9 Å².